The van der Waals surface area contributed by atoms with Gasteiger partial charge in [-0.3, -0.25) is 5.01 Å². The lowest BCUT2D eigenvalue weighted by molar-refractivity contribution is 0.101. The third-order valence-corrected chi connectivity index (χ3v) is 1.87. The average molecular weight is 201 g/mol. The highest BCUT2D eigenvalue weighted by Gasteiger charge is 2.13. The number of rotatable bonds is 8. The molecule has 0 aliphatic rings. The Bertz CT molecular complexity index is 204. The molecule has 0 N–H and O–H groups in total. The molecule has 0 amide bonds. The van der Waals surface area contributed by atoms with Gasteiger partial charge in [0.2, 0.25) is 0 Å². The highest BCUT2D eigenvalue weighted by Crippen LogP contribution is 2.06. The van der Waals surface area contributed by atoms with E-state index >= 15 is 0 Å². The van der Waals surface area contributed by atoms with Crippen molar-refractivity contribution in [2.75, 3.05) is 27.3 Å². The Morgan fingerprint density at radius 3 is 2.86 bits per heavy atom. The molecule has 0 saturated carbocycles. The Kier molecular flexibility index (Phi) is 7.49. The molecule has 0 aromatic carbocycles. The monoisotopic (exact) mass is 201 g/mol. The van der Waals surface area contributed by atoms with Crippen LogP contribution in [0.3, 0.4) is 0 Å². The standard InChI is InChI=1S/C7H15N5O2/c1-12(11-13)7(6-14-2)4-3-5-9-10-8/h7H,3-6H2,1-2H3. The Balaban J connectivity index is 3.83. The van der Waals surface area contributed by atoms with Gasteiger partial charge in [0.15, 0.2) is 0 Å². The summed E-state index contributed by atoms with van der Waals surface area (Å²) in [5.74, 6) is 0. The van der Waals surface area contributed by atoms with Gasteiger partial charge in [-0.2, -0.15) is 0 Å². The second-order valence-electron chi connectivity index (χ2n) is 2.86. The van der Waals surface area contributed by atoms with Gasteiger partial charge in [0.1, 0.15) is 0 Å². The molecule has 0 rings (SSSR count). The summed E-state index contributed by atoms with van der Waals surface area (Å²) < 4.78 is 4.94. The molecule has 0 spiro atoms. The van der Waals surface area contributed by atoms with E-state index in [9.17, 15) is 4.91 Å². The number of nitroso groups, excluding NO2 is 1. The summed E-state index contributed by atoms with van der Waals surface area (Å²) in [5, 5.41) is 7.53. The predicted octanol–water partition coefficient (Wildman–Crippen LogP) is 1.71. The van der Waals surface area contributed by atoms with Gasteiger partial charge >= 0.3 is 0 Å². The number of hydrogen-bond acceptors (Lipinski definition) is 4. The van der Waals surface area contributed by atoms with E-state index in [1.165, 1.54) is 5.01 Å². The van der Waals surface area contributed by atoms with E-state index in [1.54, 1.807) is 14.2 Å². The van der Waals surface area contributed by atoms with Gasteiger partial charge in [0, 0.05) is 25.6 Å². The van der Waals surface area contributed by atoms with Crippen LogP contribution in [0.5, 0.6) is 0 Å². The van der Waals surface area contributed by atoms with Crippen LogP contribution in [-0.4, -0.2) is 38.4 Å². The molecular formula is C7H15N5O2. The van der Waals surface area contributed by atoms with E-state index in [4.69, 9.17) is 10.3 Å². The van der Waals surface area contributed by atoms with Crippen molar-refractivity contribution < 1.29 is 4.74 Å². The minimum Gasteiger partial charge on any atom is -0.382 e. The molecule has 0 aliphatic carbocycles. The summed E-state index contributed by atoms with van der Waals surface area (Å²) in [7, 11) is 3.17. The van der Waals surface area contributed by atoms with Crippen LogP contribution in [0, 0.1) is 4.91 Å². The third kappa shape index (κ3) is 5.34. The summed E-state index contributed by atoms with van der Waals surface area (Å²) in [4.78, 5) is 12.9. The van der Waals surface area contributed by atoms with E-state index < -0.39 is 0 Å². The largest absolute Gasteiger partial charge is 0.382 e. The number of hydrogen-bond donors (Lipinski definition) is 0. The maximum atomic E-state index is 10.2. The number of nitrogens with zero attached hydrogens (tertiary/aromatic N) is 5. The van der Waals surface area contributed by atoms with Crippen LogP contribution in [-0.2, 0) is 4.74 Å². The van der Waals surface area contributed by atoms with E-state index in [-0.39, 0.29) is 6.04 Å². The first-order valence-electron chi connectivity index (χ1n) is 4.32. The van der Waals surface area contributed by atoms with Gasteiger partial charge in [-0.05, 0) is 18.4 Å². The van der Waals surface area contributed by atoms with Crippen LogP contribution in [0.4, 0.5) is 0 Å². The summed E-state index contributed by atoms with van der Waals surface area (Å²) in [6.45, 7) is 0.877. The summed E-state index contributed by atoms with van der Waals surface area (Å²) >= 11 is 0. The molecule has 7 nitrogen and oxygen atoms in total. The molecule has 0 radical (unpaired) electrons. The Hall–Kier alpha value is -1.33. The van der Waals surface area contributed by atoms with Crippen LogP contribution < -0.4 is 0 Å². The molecule has 80 valence electrons. The average Bonchev–Trinajstić information content (AvgIpc) is 2.21. The Morgan fingerprint density at radius 2 is 2.36 bits per heavy atom. The molecular weight excluding hydrogens is 186 g/mol. The normalized spacial score (nSPS) is 11.6. The van der Waals surface area contributed by atoms with Crippen molar-refractivity contribution in [2.24, 2.45) is 10.4 Å². The highest BCUT2D eigenvalue weighted by atomic mass is 16.5. The van der Waals surface area contributed by atoms with Gasteiger partial charge in [-0.25, -0.2) is 0 Å². The van der Waals surface area contributed by atoms with E-state index in [2.05, 4.69) is 15.3 Å². The highest BCUT2D eigenvalue weighted by molar-refractivity contribution is 4.66. The smallest absolute Gasteiger partial charge is 0.0732 e. The SMILES string of the molecule is COCC(CCCN=[N+]=[N-])N(C)N=O. The molecule has 0 fully saturated rings. The first-order chi connectivity index (χ1) is 6.76. The van der Waals surface area contributed by atoms with Crippen LogP contribution in [0.25, 0.3) is 10.4 Å². The van der Waals surface area contributed by atoms with E-state index in [0.717, 1.165) is 12.8 Å². The molecule has 14 heavy (non-hydrogen) atoms. The zero-order chi connectivity index (χ0) is 10.8. The Labute approximate surface area is 82.6 Å². The zero-order valence-electron chi connectivity index (χ0n) is 8.46. The number of ether oxygens (including phenoxy) is 1. The first kappa shape index (κ1) is 12.7. The van der Waals surface area contributed by atoms with Crippen LogP contribution in [0.2, 0.25) is 0 Å². The second-order valence-corrected chi connectivity index (χ2v) is 2.86. The number of likely N-dealkylation sites (N-methyl/N-ethyl adjacent to an activating group) is 1. The predicted molar refractivity (Wildman–Crippen MR) is 52.5 cm³/mol. The van der Waals surface area contributed by atoms with Gasteiger partial charge in [0.05, 0.1) is 17.9 Å². The first-order valence-corrected chi connectivity index (χ1v) is 4.32. The maximum absolute atomic E-state index is 10.2. The quantitative estimate of drug-likeness (QED) is 0.149. The summed E-state index contributed by atoms with van der Waals surface area (Å²) in [6, 6.07) is -0.0496. The zero-order valence-corrected chi connectivity index (χ0v) is 8.46. The van der Waals surface area contributed by atoms with E-state index in [0.29, 0.717) is 13.2 Å². The molecule has 0 aromatic heterocycles. The lowest BCUT2D eigenvalue weighted by Crippen LogP contribution is -2.31. The van der Waals surface area contributed by atoms with Gasteiger partial charge in [-0.15, -0.1) is 4.91 Å². The lowest BCUT2D eigenvalue weighted by atomic mass is 10.1. The summed E-state index contributed by atoms with van der Waals surface area (Å²) in [5.41, 5.74) is 8.04. The fourth-order valence-corrected chi connectivity index (χ4v) is 1.08. The third-order valence-electron chi connectivity index (χ3n) is 1.87. The molecule has 1 atom stereocenters. The van der Waals surface area contributed by atoms with Gasteiger partial charge in [0.25, 0.3) is 0 Å². The molecule has 0 heterocycles. The fraction of sp³-hybridized carbons (Fsp3) is 1.00. The van der Waals surface area contributed by atoms with E-state index in [1.807, 2.05) is 0 Å². The van der Waals surface area contributed by atoms with Crippen LogP contribution in [0.15, 0.2) is 10.4 Å². The number of methoxy groups -OCH3 is 1. The van der Waals surface area contributed by atoms with Crippen molar-refractivity contribution in [3.63, 3.8) is 0 Å². The van der Waals surface area contributed by atoms with Crippen molar-refractivity contribution in [1.82, 2.24) is 5.01 Å². The topological polar surface area (TPSA) is 90.7 Å². The van der Waals surface area contributed by atoms with Gasteiger partial charge < -0.3 is 4.74 Å². The fourth-order valence-electron chi connectivity index (χ4n) is 1.08. The molecule has 0 aliphatic heterocycles. The maximum Gasteiger partial charge on any atom is 0.0732 e. The van der Waals surface area contributed by atoms with Crippen molar-refractivity contribution >= 4 is 0 Å². The molecule has 1 unspecified atom stereocenters. The van der Waals surface area contributed by atoms with Crippen LogP contribution >= 0.6 is 0 Å². The van der Waals surface area contributed by atoms with Crippen molar-refractivity contribution in [2.45, 2.75) is 18.9 Å². The van der Waals surface area contributed by atoms with Crippen molar-refractivity contribution in [3.05, 3.63) is 15.3 Å². The molecule has 0 bridgehead atoms. The molecule has 0 aromatic rings. The molecule has 7 heteroatoms. The Morgan fingerprint density at radius 1 is 1.64 bits per heavy atom. The summed E-state index contributed by atoms with van der Waals surface area (Å²) in [6.07, 6.45) is 1.44. The minimum absolute atomic E-state index is 0.0496. The minimum atomic E-state index is -0.0496. The number of azide groups is 1. The van der Waals surface area contributed by atoms with Crippen LogP contribution in [0.1, 0.15) is 12.8 Å². The van der Waals surface area contributed by atoms with Gasteiger partial charge in [-0.1, -0.05) is 5.11 Å². The lowest BCUT2D eigenvalue weighted by Gasteiger charge is -2.21. The van der Waals surface area contributed by atoms with Crippen molar-refractivity contribution in [1.29, 1.82) is 0 Å². The van der Waals surface area contributed by atoms with Crippen molar-refractivity contribution in [3.8, 4) is 0 Å². The molecule has 0 saturated heterocycles. The second kappa shape index (κ2) is 8.28.